The molecule has 6 rings (SSSR count). The summed E-state index contributed by atoms with van der Waals surface area (Å²) in [7, 11) is 0. The monoisotopic (exact) mass is 538 g/mol. The molecule has 0 aromatic heterocycles. The highest BCUT2D eigenvalue weighted by Gasteiger charge is 2.52. The minimum Gasteiger partial charge on any atom is -0.369 e. The van der Waals surface area contributed by atoms with Crippen LogP contribution in [0.15, 0.2) is 77.8 Å². The number of likely N-dealkylation sites (tertiary alicyclic amines) is 1. The predicted molar refractivity (Wildman–Crippen MR) is 160 cm³/mol. The average Bonchev–Trinajstić information content (AvgIpc) is 3.24. The topological polar surface area (TPSA) is 47.9 Å². The van der Waals surface area contributed by atoms with E-state index in [0.29, 0.717) is 11.7 Å². The smallest absolute Gasteiger partial charge is 0.350 e. The van der Waals surface area contributed by atoms with Gasteiger partial charge >= 0.3 is 6.03 Å². The van der Waals surface area contributed by atoms with Gasteiger partial charge in [0.2, 0.25) is 0 Å². The molecule has 0 atom stereocenters. The van der Waals surface area contributed by atoms with E-state index in [4.69, 9.17) is 0 Å². The van der Waals surface area contributed by atoms with Crippen molar-refractivity contribution in [1.82, 2.24) is 10.2 Å². The van der Waals surface area contributed by atoms with Crippen LogP contribution in [0.2, 0.25) is 0 Å². The molecule has 2 aliphatic heterocycles. The maximum Gasteiger partial charge on any atom is 0.350 e. The summed E-state index contributed by atoms with van der Waals surface area (Å²) >= 11 is 0. The molecule has 2 heterocycles. The second-order valence-electron chi connectivity index (χ2n) is 11.6. The van der Waals surface area contributed by atoms with Gasteiger partial charge in [-0.3, -0.25) is 9.80 Å². The molecule has 208 valence electrons. The van der Waals surface area contributed by atoms with Crippen LogP contribution in [0.5, 0.6) is 0 Å². The van der Waals surface area contributed by atoms with Crippen LogP contribution in [0.1, 0.15) is 63.0 Å². The largest absolute Gasteiger partial charge is 0.369 e. The van der Waals surface area contributed by atoms with E-state index >= 15 is 0 Å². The standard InChI is InChI=1S/C34H39FN4O/c1-2-26-11-6-7-17-31(26)27-12-8-10-25(22-27)24-38-20-18-34(19-21-38)32(36-29-14-4-3-5-15-29)37-33(40)39(34)30-16-9-13-28(35)23-30/h6-13,16-17,22-23,29H,2-5,14-15,18-21,24H2,1H3,(H,36,37,40). The number of hydrogen-bond acceptors (Lipinski definition) is 3. The second-order valence-corrected chi connectivity index (χ2v) is 11.6. The lowest BCUT2D eigenvalue weighted by Crippen LogP contribution is -2.62. The molecule has 2 fully saturated rings. The Hall–Kier alpha value is -3.51. The number of piperidine rings is 1. The van der Waals surface area contributed by atoms with E-state index < -0.39 is 5.54 Å². The number of rotatable bonds is 6. The molecule has 1 aliphatic carbocycles. The third-order valence-electron chi connectivity index (χ3n) is 9.01. The number of hydrogen-bond donors (Lipinski definition) is 1. The highest BCUT2D eigenvalue weighted by atomic mass is 19.1. The van der Waals surface area contributed by atoms with E-state index in [1.165, 1.54) is 53.6 Å². The number of anilines is 1. The summed E-state index contributed by atoms with van der Waals surface area (Å²) < 4.78 is 14.3. The van der Waals surface area contributed by atoms with Gasteiger partial charge in [0.25, 0.3) is 0 Å². The second kappa shape index (κ2) is 11.5. The fourth-order valence-electron chi connectivity index (χ4n) is 6.87. The molecule has 0 bridgehead atoms. The van der Waals surface area contributed by atoms with Crippen LogP contribution in [0, 0.1) is 5.82 Å². The summed E-state index contributed by atoms with van der Waals surface area (Å²) in [6.07, 6.45) is 8.40. The fraction of sp³-hybridized carbons (Fsp3) is 0.412. The zero-order valence-electron chi connectivity index (χ0n) is 23.4. The molecule has 3 aliphatic rings. The van der Waals surface area contributed by atoms with E-state index in [1.54, 1.807) is 11.0 Å². The van der Waals surface area contributed by atoms with Crippen LogP contribution in [-0.4, -0.2) is 41.4 Å². The van der Waals surface area contributed by atoms with Gasteiger partial charge in [-0.1, -0.05) is 74.7 Å². The van der Waals surface area contributed by atoms with Gasteiger partial charge in [0, 0.05) is 31.4 Å². The van der Waals surface area contributed by atoms with Gasteiger partial charge < -0.3 is 5.32 Å². The Morgan fingerprint density at radius 2 is 1.73 bits per heavy atom. The summed E-state index contributed by atoms with van der Waals surface area (Å²) in [6, 6.07) is 24.0. The number of urea groups is 1. The highest BCUT2D eigenvalue weighted by molar-refractivity contribution is 6.16. The van der Waals surface area contributed by atoms with Gasteiger partial charge in [0.15, 0.2) is 0 Å². The number of halogens is 1. The molecule has 0 unspecified atom stereocenters. The Morgan fingerprint density at radius 1 is 0.950 bits per heavy atom. The SMILES string of the molecule is CCc1ccccc1-c1cccc(CN2CCC3(CC2)C(NC2CCCCC2)=NC(=O)N3c2cccc(F)c2)c1. The van der Waals surface area contributed by atoms with Gasteiger partial charge in [0.1, 0.15) is 17.2 Å². The minimum absolute atomic E-state index is 0.292. The van der Waals surface area contributed by atoms with Crippen LogP contribution in [-0.2, 0) is 13.0 Å². The summed E-state index contributed by atoms with van der Waals surface area (Å²) in [5.74, 6) is 0.447. The van der Waals surface area contributed by atoms with Crippen LogP contribution >= 0.6 is 0 Å². The van der Waals surface area contributed by atoms with Gasteiger partial charge in [0.05, 0.1) is 0 Å². The molecule has 3 aromatic carbocycles. The summed E-state index contributed by atoms with van der Waals surface area (Å²) in [5.41, 5.74) is 5.23. The summed E-state index contributed by atoms with van der Waals surface area (Å²) in [6.45, 7) is 4.73. The third kappa shape index (κ3) is 5.29. The molecular formula is C34H39FN4O. The molecule has 40 heavy (non-hydrogen) atoms. The van der Waals surface area contributed by atoms with Gasteiger partial charge in [-0.15, -0.1) is 0 Å². The van der Waals surface area contributed by atoms with Crippen molar-refractivity contribution >= 4 is 17.6 Å². The summed E-state index contributed by atoms with van der Waals surface area (Å²) in [4.78, 5) is 22.2. The zero-order valence-corrected chi connectivity index (χ0v) is 23.4. The lowest BCUT2D eigenvalue weighted by atomic mass is 9.83. The van der Waals surface area contributed by atoms with E-state index in [-0.39, 0.29) is 11.8 Å². The number of amidine groups is 1. The van der Waals surface area contributed by atoms with Crippen LogP contribution in [0.4, 0.5) is 14.9 Å². The van der Waals surface area contributed by atoms with Crippen molar-refractivity contribution in [2.75, 3.05) is 18.0 Å². The number of amides is 2. The molecule has 5 nitrogen and oxygen atoms in total. The Kier molecular flexibility index (Phi) is 7.70. The molecule has 1 spiro atoms. The first-order valence-corrected chi connectivity index (χ1v) is 14.9. The van der Waals surface area contributed by atoms with E-state index in [9.17, 15) is 9.18 Å². The summed E-state index contributed by atoms with van der Waals surface area (Å²) in [5, 5.41) is 3.70. The van der Waals surface area contributed by atoms with Crippen LogP contribution < -0.4 is 10.2 Å². The third-order valence-corrected chi connectivity index (χ3v) is 9.01. The zero-order chi connectivity index (χ0) is 27.5. The Morgan fingerprint density at radius 3 is 2.50 bits per heavy atom. The number of carbonyl (C=O) groups excluding carboxylic acids is 1. The van der Waals surface area contributed by atoms with Crippen LogP contribution in [0.25, 0.3) is 11.1 Å². The fourth-order valence-corrected chi connectivity index (χ4v) is 6.87. The Bertz CT molecular complexity index is 1390. The first kappa shape index (κ1) is 26.7. The first-order valence-electron chi connectivity index (χ1n) is 14.9. The molecule has 1 N–H and O–H groups in total. The predicted octanol–water partition coefficient (Wildman–Crippen LogP) is 7.35. The number of aliphatic imine (C=N–C) groups is 1. The quantitative estimate of drug-likeness (QED) is 0.357. The molecule has 1 saturated heterocycles. The lowest BCUT2D eigenvalue weighted by Gasteiger charge is -2.45. The van der Waals surface area contributed by atoms with Crippen molar-refractivity contribution in [3.63, 3.8) is 0 Å². The molecule has 2 amide bonds. The number of benzene rings is 3. The molecule has 0 radical (unpaired) electrons. The van der Waals surface area contributed by atoms with E-state index in [0.717, 1.165) is 57.6 Å². The highest BCUT2D eigenvalue weighted by Crippen LogP contribution is 2.39. The number of nitrogens with one attached hydrogen (secondary N) is 1. The molecule has 3 aromatic rings. The van der Waals surface area contributed by atoms with E-state index in [1.807, 2.05) is 6.07 Å². The first-order chi connectivity index (χ1) is 19.6. The van der Waals surface area contributed by atoms with E-state index in [2.05, 4.69) is 70.7 Å². The molecule has 1 saturated carbocycles. The van der Waals surface area contributed by atoms with Crippen molar-refractivity contribution in [2.24, 2.45) is 4.99 Å². The lowest BCUT2D eigenvalue weighted by molar-refractivity contribution is 0.181. The average molecular weight is 539 g/mol. The van der Waals surface area contributed by atoms with Crippen molar-refractivity contribution in [3.8, 4) is 11.1 Å². The van der Waals surface area contributed by atoms with Gasteiger partial charge in [-0.05, 0) is 78.6 Å². The van der Waals surface area contributed by atoms with Gasteiger partial charge in [-0.25, -0.2) is 9.18 Å². The number of aryl methyl sites for hydroxylation is 1. The minimum atomic E-state index is -0.569. The van der Waals surface area contributed by atoms with Gasteiger partial charge in [-0.2, -0.15) is 4.99 Å². The normalized spacial score (nSPS) is 19.7. The number of carbonyl (C=O) groups is 1. The van der Waals surface area contributed by atoms with Crippen molar-refractivity contribution in [1.29, 1.82) is 0 Å². The Labute approximate surface area is 237 Å². The van der Waals surface area contributed by atoms with Crippen LogP contribution in [0.3, 0.4) is 0 Å². The molecular weight excluding hydrogens is 499 g/mol. The Balaban J connectivity index is 1.22. The number of nitrogens with zero attached hydrogens (tertiary/aromatic N) is 3. The van der Waals surface area contributed by atoms with Crippen molar-refractivity contribution in [2.45, 2.75) is 76.4 Å². The molecule has 6 heteroatoms. The van der Waals surface area contributed by atoms with Crippen molar-refractivity contribution in [3.05, 3.63) is 89.7 Å². The van der Waals surface area contributed by atoms with Crippen molar-refractivity contribution < 1.29 is 9.18 Å². The maximum absolute atomic E-state index is 14.3. The maximum atomic E-state index is 14.3.